The lowest BCUT2D eigenvalue weighted by Crippen LogP contribution is -2.30. The van der Waals surface area contributed by atoms with Crippen molar-refractivity contribution in [3.05, 3.63) is 12.2 Å². The molecule has 8 nitrogen and oxygen atoms in total. The Kier molecular flexibility index (Phi) is 11.0. The molecule has 0 aliphatic carbocycles. The second kappa shape index (κ2) is 10.8. The fourth-order valence-electron chi connectivity index (χ4n) is 0.961. The fourth-order valence-corrected chi connectivity index (χ4v) is 0.961. The van der Waals surface area contributed by atoms with Crippen LogP contribution in [0.5, 0.6) is 0 Å². The van der Waals surface area contributed by atoms with Crippen LogP contribution >= 0.6 is 0 Å². The van der Waals surface area contributed by atoms with Crippen LogP contribution in [-0.4, -0.2) is 49.2 Å². The third kappa shape index (κ3) is 18.1. The Hall–Kier alpha value is -1.93. The summed E-state index contributed by atoms with van der Waals surface area (Å²) in [6.45, 7) is 2.71. The van der Waals surface area contributed by atoms with Crippen LogP contribution in [0.2, 0.25) is 0 Å². The van der Waals surface area contributed by atoms with Gasteiger partial charge in [0, 0.05) is 24.8 Å². The lowest BCUT2D eigenvalue weighted by molar-refractivity contribution is -0.168. The number of aliphatic hydroxyl groups is 2. The monoisotopic (exact) mass is 306 g/mol. The highest BCUT2D eigenvalue weighted by Gasteiger charge is 2.21. The summed E-state index contributed by atoms with van der Waals surface area (Å²) in [7, 11) is 0. The van der Waals surface area contributed by atoms with Gasteiger partial charge in [-0.05, 0) is 19.8 Å². The van der Waals surface area contributed by atoms with Gasteiger partial charge in [0.1, 0.15) is 0 Å². The highest BCUT2D eigenvalue weighted by atomic mass is 16.5. The molecule has 8 heteroatoms. The van der Waals surface area contributed by atoms with Crippen LogP contribution in [0, 0.1) is 5.92 Å². The Morgan fingerprint density at radius 3 is 1.62 bits per heavy atom. The average molecular weight is 306 g/mol. The maximum atomic E-state index is 9.98. The predicted octanol–water partition coefficient (Wildman–Crippen LogP) is 0.680. The van der Waals surface area contributed by atoms with Gasteiger partial charge in [-0.1, -0.05) is 13.0 Å². The Balaban J connectivity index is 0. The first-order valence-corrected chi connectivity index (χ1v) is 6.26. The highest BCUT2D eigenvalue weighted by Crippen LogP contribution is 2.13. The van der Waals surface area contributed by atoms with Gasteiger partial charge >= 0.3 is 17.9 Å². The van der Waals surface area contributed by atoms with Crippen molar-refractivity contribution >= 4 is 17.9 Å². The minimum atomic E-state index is -1.86. The van der Waals surface area contributed by atoms with Crippen molar-refractivity contribution in [3.8, 4) is 0 Å². The molecule has 0 aromatic heterocycles. The van der Waals surface area contributed by atoms with E-state index < -0.39 is 29.6 Å². The van der Waals surface area contributed by atoms with Crippen LogP contribution in [0.1, 0.15) is 39.5 Å². The molecule has 0 heterocycles. The molecule has 0 aromatic rings. The van der Waals surface area contributed by atoms with Crippen LogP contribution in [0.25, 0.3) is 0 Å². The molecular formula is C13H22O8. The molecule has 21 heavy (non-hydrogen) atoms. The van der Waals surface area contributed by atoms with Crippen molar-refractivity contribution in [2.75, 3.05) is 0 Å². The molecule has 0 amide bonds. The van der Waals surface area contributed by atoms with E-state index in [1.807, 2.05) is 0 Å². The van der Waals surface area contributed by atoms with E-state index in [4.69, 9.17) is 25.5 Å². The maximum Gasteiger partial charge on any atom is 0.327 e. The first-order valence-electron chi connectivity index (χ1n) is 6.26. The van der Waals surface area contributed by atoms with E-state index in [0.29, 0.717) is 12.8 Å². The fraction of sp³-hybridized carbons (Fsp3) is 0.615. The molecule has 0 bridgehead atoms. The van der Waals surface area contributed by atoms with Crippen molar-refractivity contribution < 1.29 is 39.9 Å². The summed E-state index contributed by atoms with van der Waals surface area (Å²) in [5, 5.41) is 42.3. The van der Waals surface area contributed by atoms with E-state index in [2.05, 4.69) is 0 Å². The van der Waals surface area contributed by atoms with Crippen molar-refractivity contribution in [1.82, 2.24) is 0 Å². The molecule has 0 saturated carbocycles. The Labute approximate surface area is 122 Å². The Morgan fingerprint density at radius 1 is 1.00 bits per heavy atom. The molecule has 1 unspecified atom stereocenters. The number of carboxylic acids is 3. The number of carbonyl (C=O) groups is 3. The topological polar surface area (TPSA) is 152 Å². The van der Waals surface area contributed by atoms with E-state index in [1.165, 1.54) is 19.9 Å². The van der Waals surface area contributed by atoms with Gasteiger partial charge in [0.2, 0.25) is 0 Å². The standard InChI is InChI=1S/C7H12O4.C6H10O4/c1-5(7(2,10)11)3-4-6(8)9;7-5(8)3-1-2-4-6(9)10/h3-5,10-11H,1-2H3,(H,8,9);1-4H2,(H,7,8)(H,9,10). The minimum absolute atomic E-state index is 0.0628. The molecule has 1 atom stereocenters. The van der Waals surface area contributed by atoms with E-state index in [1.54, 1.807) is 0 Å². The summed E-state index contributed by atoms with van der Waals surface area (Å²) in [6.07, 6.45) is 3.13. The Bertz CT molecular complexity index is 351. The van der Waals surface area contributed by atoms with E-state index in [0.717, 1.165) is 6.08 Å². The molecule has 0 aliphatic rings. The SMILES string of the molecule is CC(C=CC(=O)O)C(C)(O)O.O=C(O)CCCCC(=O)O. The van der Waals surface area contributed by atoms with Gasteiger partial charge < -0.3 is 25.5 Å². The summed E-state index contributed by atoms with van der Waals surface area (Å²) in [4.78, 5) is 29.8. The lowest BCUT2D eigenvalue weighted by atomic mass is 10.0. The zero-order chi connectivity index (χ0) is 17.1. The molecule has 5 N–H and O–H groups in total. The van der Waals surface area contributed by atoms with Crippen LogP contribution in [0.3, 0.4) is 0 Å². The lowest BCUT2D eigenvalue weighted by Gasteiger charge is -2.20. The van der Waals surface area contributed by atoms with Crippen molar-refractivity contribution in [1.29, 1.82) is 0 Å². The number of unbranched alkanes of at least 4 members (excludes halogenated alkanes) is 1. The Morgan fingerprint density at radius 2 is 1.38 bits per heavy atom. The smallest absolute Gasteiger partial charge is 0.327 e. The van der Waals surface area contributed by atoms with Gasteiger partial charge in [0.05, 0.1) is 0 Å². The largest absolute Gasteiger partial charge is 0.481 e. The first-order chi connectivity index (χ1) is 9.46. The van der Waals surface area contributed by atoms with Gasteiger partial charge in [-0.3, -0.25) is 9.59 Å². The maximum absolute atomic E-state index is 9.98. The van der Waals surface area contributed by atoms with Gasteiger partial charge in [0.15, 0.2) is 5.79 Å². The van der Waals surface area contributed by atoms with E-state index in [9.17, 15) is 14.4 Å². The van der Waals surface area contributed by atoms with Crippen molar-refractivity contribution in [2.45, 2.75) is 45.3 Å². The minimum Gasteiger partial charge on any atom is -0.481 e. The van der Waals surface area contributed by atoms with Gasteiger partial charge in [-0.2, -0.15) is 0 Å². The zero-order valence-corrected chi connectivity index (χ0v) is 12.0. The molecule has 0 spiro atoms. The average Bonchev–Trinajstić information content (AvgIpc) is 2.30. The summed E-state index contributed by atoms with van der Waals surface area (Å²) in [5.41, 5.74) is 0. The van der Waals surface area contributed by atoms with Crippen molar-refractivity contribution in [3.63, 3.8) is 0 Å². The van der Waals surface area contributed by atoms with E-state index in [-0.39, 0.29) is 12.8 Å². The summed E-state index contributed by atoms with van der Waals surface area (Å²) < 4.78 is 0. The first kappa shape index (κ1) is 21.4. The predicted molar refractivity (Wildman–Crippen MR) is 72.5 cm³/mol. The molecule has 0 fully saturated rings. The number of aliphatic carboxylic acids is 3. The quantitative estimate of drug-likeness (QED) is 0.249. The number of hydrogen-bond acceptors (Lipinski definition) is 5. The molecule has 0 aromatic carbocycles. The molecular weight excluding hydrogens is 284 g/mol. The van der Waals surface area contributed by atoms with Crippen LogP contribution in [0.15, 0.2) is 12.2 Å². The third-order valence-corrected chi connectivity index (χ3v) is 2.42. The van der Waals surface area contributed by atoms with Gasteiger partial charge in [0.25, 0.3) is 0 Å². The van der Waals surface area contributed by atoms with Crippen LogP contribution < -0.4 is 0 Å². The summed E-state index contributed by atoms with van der Waals surface area (Å²) in [6, 6.07) is 0. The number of rotatable bonds is 8. The molecule has 0 saturated heterocycles. The zero-order valence-electron chi connectivity index (χ0n) is 12.0. The molecule has 0 radical (unpaired) electrons. The summed E-state index contributed by atoms with van der Waals surface area (Å²) >= 11 is 0. The van der Waals surface area contributed by atoms with Crippen LogP contribution in [-0.2, 0) is 14.4 Å². The number of hydrogen-bond donors (Lipinski definition) is 5. The summed E-state index contributed by atoms with van der Waals surface area (Å²) in [5.74, 6) is -5.29. The second-order valence-corrected chi connectivity index (χ2v) is 4.57. The second-order valence-electron chi connectivity index (χ2n) is 4.57. The normalized spacial score (nSPS) is 12.4. The van der Waals surface area contributed by atoms with E-state index >= 15 is 0 Å². The molecule has 0 rings (SSSR count). The highest BCUT2D eigenvalue weighted by molar-refractivity contribution is 5.79. The molecule has 122 valence electrons. The van der Waals surface area contributed by atoms with Gasteiger partial charge in [-0.15, -0.1) is 0 Å². The third-order valence-electron chi connectivity index (χ3n) is 2.42. The number of carboxylic acid groups (broad SMARTS) is 3. The van der Waals surface area contributed by atoms with Gasteiger partial charge in [-0.25, -0.2) is 4.79 Å². The van der Waals surface area contributed by atoms with Crippen molar-refractivity contribution in [2.24, 2.45) is 5.92 Å². The molecule has 0 aliphatic heterocycles. The van der Waals surface area contributed by atoms with Crippen LogP contribution in [0.4, 0.5) is 0 Å².